The highest BCUT2D eigenvalue weighted by atomic mass is 35.5. The Labute approximate surface area is 192 Å². The van der Waals surface area contributed by atoms with Crippen molar-refractivity contribution in [3.8, 4) is 27.9 Å². The standard InChI is InChI=1S/C30H20ClN/c31-23-19-17-21(18-20-23)24-13-8-16-29(30(24)22-9-2-1-3-10-22)32-27-14-6-4-11-25(27)26-12-5-7-15-28(26)32/h1-20H. The Bertz CT molecular complexity index is 1510. The predicted molar refractivity (Wildman–Crippen MR) is 137 cm³/mol. The molecule has 0 unspecified atom stereocenters. The first-order valence-electron chi connectivity index (χ1n) is 10.7. The summed E-state index contributed by atoms with van der Waals surface area (Å²) < 4.78 is 2.40. The van der Waals surface area contributed by atoms with Gasteiger partial charge in [0.15, 0.2) is 0 Å². The van der Waals surface area contributed by atoms with Crippen LogP contribution in [0, 0.1) is 0 Å². The van der Waals surface area contributed by atoms with Gasteiger partial charge in [0.1, 0.15) is 0 Å². The van der Waals surface area contributed by atoms with Crippen molar-refractivity contribution >= 4 is 33.4 Å². The molecule has 0 radical (unpaired) electrons. The summed E-state index contributed by atoms with van der Waals surface area (Å²) in [6.07, 6.45) is 0. The second-order valence-electron chi connectivity index (χ2n) is 7.94. The van der Waals surface area contributed by atoms with Gasteiger partial charge in [-0.3, -0.25) is 0 Å². The Kier molecular flexibility index (Phi) is 4.56. The number of para-hydroxylation sites is 2. The highest BCUT2D eigenvalue weighted by Crippen LogP contribution is 2.41. The maximum Gasteiger partial charge on any atom is 0.0546 e. The molecule has 0 atom stereocenters. The van der Waals surface area contributed by atoms with Crippen LogP contribution in [-0.2, 0) is 0 Å². The van der Waals surface area contributed by atoms with E-state index in [2.05, 4.69) is 114 Å². The number of benzene rings is 5. The molecule has 0 N–H and O–H groups in total. The molecular weight excluding hydrogens is 410 g/mol. The largest absolute Gasteiger partial charge is 0.309 e. The molecule has 0 saturated heterocycles. The Morgan fingerprint density at radius 3 is 1.72 bits per heavy atom. The van der Waals surface area contributed by atoms with Gasteiger partial charge in [0, 0.05) is 21.4 Å². The molecule has 2 heteroatoms. The zero-order valence-electron chi connectivity index (χ0n) is 17.4. The summed E-state index contributed by atoms with van der Waals surface area (Å²) in [5.74, 6) is 0. The number of fused-ring (bicyclic) bond motifs is 3. The summed E-state index contributed by atoms with van der Waals surface area (Å²) in [6.45, 7) is 0. The van der Waals surface area contributed by atoms with E-state index in [0.29, 0.717) is 0 Å². The van der Waals surface area contributed by atoms with Crippen LogP contribution in [0.15, 0.2) is 121 Å². The molecular formula is C30H20ClN. The van der Waals surface area contributed by atoms with E-state index in [1.54, 1.807) is 0 Å². The first-order chi connectivity index (χ1) is 15.8. The Hall–Kier alpha value is -3.81. The van der Waals surface area contributed by atoms with E-state index in [4.69, 9.17) is 11.6 Å². The van der Waals surface area contributed by atoms with Crippen LogP contribution in [0.4, 0.5) is 0 Å². The molecule has 152 valence electrons. The smallest absolute Gasteiger partial charge is 0.0546 e. The highest BCUT2D eigenvalue weighted by molar-refractivity contribution is 6.30. The SMILES string of the molecule is Clc1ccc(-c2cccc(-n3c4ccccc4c4ccccc43)c2-c2ccccc2)cc1. The highest BCUT2D eigenvalue weighted by Gasteiger charge is 2.18. The van der Waals surface area contributed by atoms with Crippen molar-refractivity contribution in [3.63, 3.8) is 0 Å². The van der Waals surface area contributed by atoms with Crippen molar-refractivity contribution in [1.82, 2.24) is 4.57 Å². The maximum atomic E-state index is 6.20. The molecule has 0 amide bonds. The number of hydrogen-bond donors (Lipinski definition) is 0. The van der Waals surface area contributed by atoms with E-state index in [9.17, 15) is 0 Å². The average Bonchev–Trinajstić information content (AvgIpc) is 3.19. The summed E-state index contributed by atoms with van der Waals surface area (Å²) in [7, 11) is 0. The monoisotopic (exact) mass is 429 g/mol. The lowest BCUT2D eigenvalue weighted by Crippen LogP contribution is -1.99. The van der Waals surface area contributed by atoms with Gasteiger partial charge in [-0.15, -0.1) is 0 Å². The zero-order chi connectivity index (χ0) is 21.5. The number of aromatic nitrogens is 1. The predicted octanol–water partition coefficient (Wildman–Crippen LogP) is 8.77. The summed E-state index contributed by atoms with van der Waals surface area (Å²) in [5.41, 5.74) is 8.32. The maximum absolute atomic E-state index is 6.20. The van der Waals surface area contributed by atoms with E-state index >= 15 is 0 Å². The second-order valence-corrected chi connectivity index (χ2v) is 8.38. The molecule has 0 aliphatic carbocycles. The molecule has 1 heterocycles. The lowest BCUT2D eigenvalue weighted by molar-refractivity contribution is 1.18. The molecule has 6 aromatic rings. The molecule has 0 aliphatic heterocycles. The van der Waals surface area contributed by atoms with Gasteiger partial charge in [-0.1, -0.05) is 103 Å². The summed E-state index contributed by atoms with van der Waals surface area (Å²) in [6, 6.07) is 42.6. The number of rotatable bonds is 3. The van der Waals surface area contributed by atoms with E-state index < -0.39 is 0 Å². The molecule has 0 bridgehead atoms. The van der Waals surface area contributed by atoms with Crippen molar-refractivity contribution in [1.29, 1.82) is 0 Å². The molecule has 0 spiro atoms. The topological polar surface area (TPSA) is 4.93 Å². The van der Waals surface area contributed by atoms with Crippen LogP contribution in [0.5, 0.6) is 0 Å². The van der Waals surface area contributed by atoms with Crippen molar-refractivity contribution < 1.29 is 0 Å². The molecule has 1 nitrogen and oxygen atoms in total. The third-order valence-corrected chi connectivity index (χ3v) is 6.33. The molecule has 6 rings (SSSR count). The second kappa shape index (κ2) is 7.71. The molecule has 0 fully saturated rings. The summed E-state index contributed by atoms with van der Waals surface area (Å²) in [4.78, 5) is 0. The first kappa shape index (κ1) is 18.9. The van der Waals surface area contributed by atoms with Gasteiger partial charge in [0.25, 0.3) is 0 Å². The van der Waals surface area contributed by atoms with E-state index in [1.807, 2.05) is 12.1 Å². The summed E-state index contributed by atoms with van der Waals surface area (Å²) in [5, 5.41) is 3.27. The fourth-order valence-electron chi connectivity index (χ4n) is 4.69. The third-order valence-electron chi connectivity index (χ3n) is 6.08. The molecule has 0 aliphatic rings. The van der Waals surface area contributed by atoms with Crippen molar-refractivity contribution in [2.24, 2.45) is 0 Å². The minimum atomic E-state index is 0.744. The molecule has 32 heavy (non-hydrogen) atoms. The zero-order valence-corrected chi connectivity index (χ0v) is 18.1. The quantitative estimate of drug-likeness (QED) is 0.265. The lowest BCUT2D eigenvalue weighted by Gasteiger charge is -2.18. The van der Waals surface area contributed by atoms with Crippen LogP contribution in [0.2, 0.25) is 5.02 Å². The molecule has 5 aromatic carbocycles. The van der Waals surface area contributed by atoms with E-state index in [1.165, 1.54) is 44.2 Å². The fraction of sp³-hybridized carbons (Fsp3) is 0. The van der Waals surface area contributed by atoms with Gasteiger partial charge in [0.2, 0.25) is 0 Å². The number of halogens is 1. The molecule has 0 saturated carbocycles. The number of hydrogen-bond acceptors (Lipinski definition) is 0. The summed E-state index contributed by atoms with van der Waals surface area (Å²) >= 11 is 6.20. The van der Waals surface area contributed by atoms with Crippen LogP contribution in [0.3, 0.4) is 0 Å². The van der Waals surface area contributed by atoms with Crippen LogP contribution in [0.1, 0.15) is 0 Å². The van der Waals surface area contributed by atoms with E-state index in [-0.39, 0.29) is 0 Å². The van der Waals surface area contributed by atoms with Gasteiger partial charge in [-0.05, 0) is 47.0 Å². The Morgan fingerprint density at radius 1 is 0.469 bits per heavy atom. The van der Waals surface area contributed by atoms with Gasteiger partial charge < -0.3 is 4.57 Å². The van der Waals surface area contributed by atoms with Gasteiger partial charge in [-0.2, -0.15) is 0 Å². The van der Waals surface area contributed by atoms with Crippen molar-refractivity contribution in [3.05, 3.63) is 126 Å². The van der Waals surface area contributed by atoms with Crippen LogP contribution in [0.25, 0.3) is 49.7 Å². The van der Waals surface area contributed by atoms with Crippen LogP contribution in [-0.4, -0.2) is 4.57 Å². The first-order valence-corrected chi connectivity index (χ1v) is 11.1. The van der Waals surface area contributed by atoms with Gasteiger partial charge in [0.05, 0.1) is 16.7 Å². The van der Waals surface area contributed by atoms with Crippen LogP contribution < -0.4 is 0 Å². The third kappa shape index (κ3) is 3.02. The van der Waals surface area contributed by atoms with Crippen LogP contribution >= 0.6 is 11.6 Å². The van der Waals surface area contributed by atoms with Gasteiger partial charge in [-0.25, -0.2) is 0 Å². The Balaban J connectivity index is 1.75. The van der Waals surface area contributed by atoms with Crippen molar-refractivity contribution in [2.75, 3.05) is 0 Å². The van der Waals surface area contributed by atoms with E-state index in [0.717, 1.165) is 10.6 Å². The molecule has 1 aromatic heterocycles. The minimum absolute atomic E-state index is 0.744. The Morgan fingerprint density at radius 2 is 1.06 bits per heavy atom. The fourth-order valence-corrected chi connectivity index (χ4v) is 4.81. The normalized spacial score (nSPS) is 11.3. The van der Waals surface area contributed by atoms with Gasteiger partial charge >= 0.3 is 0 Å². The number of nitrogens with zero attached hydrogens (tertiary/aromatic N) is 1. The minimum Gasteiger partial charge on any atom is -0.309 e. The average molecular weight is 430 g/mol. The lowest BCUT2D eigenvalue weighted by atomic mass is 9.93. The van der Waals surface area contributed by atoms with Crippen molar-refractivity contribution in [2.45, 2.75) is 0 Å².